The number of ether oxygens (including phenoxy) is 1. The summed E-state index contributed by atoms with van der Waals surface area (Å²) in [6.07, 6.45) is 5.31. The first-order chi connectivity index (χ1) is 12.3. The van der Waals surface area contributed by atoms with Crippen LogP contribution in [0.25, 0.3) is 0 Å². The molecule has 0 bridgehead atoms. The van der Waals surface area contributed by atoms with Gasteiger partial charge in [-0.25, -0.2) is 0 Å². The minimum absolute atomic E-state index is 0.0624. The predicted molar refractivity (Wildman–Crippen MR) is 99.0 cm³/mol. The van der Waals surface area contributed by atoms with Crippen molar-refractivity contribution in [2.75, 3.05) is 6.61 Å². The van der Waals surface area contributed by atoms with E-state index in [4.69, 9.17) is 11.2 Å². The fourth-order valence-electron chi connectivity index (χ4n) is 3.13. The standard InChI is InChI=1S/C23H18O2/c1-2-18-25-22(24)23(19-12-6-3-7-13-19,20-14-8-4-9-15-20)21-16-10-5-11-17-21/h1,3-17H,18H2. The van der Waals surface area contributed by atoms with Crippen molar-refractivity contribution in [2.45, 2.75) is 5.41 Å². The second kappa shape index (κ2) is 7.51. The van der Waals surface area contributed by atoms with Gasteiger partial charge in [0.25, 0.3) is 0 Å². The quantitative estimate of drug-likeness (QED) is 0.399. The van der Waals surface area contributed by atoms with Crippen LogP contribution in [0.4, 0.5) is 0 Å². The highest BCUT2D eigenvalue weighted by Gasteiger charge is 2.45. The topological polar surface area (TPSA) is 26.3 Å². The lowest BCUT2D eigenvalue weighted by molar-refractivity contribution is -0.146. The van der Waals surface area contributed by atoms with Crippen molar-refractivity contribution in [3.63, 3.8) is 0 Å². The number of carbonyl (C=O) groups is 1. The molecule has 0 saturated carbocycles. The lowest BCUT2D eigenvalue weighted by Gasteiger charge is -2.33. The van der Waals surface area contributed by atoms with Gasteiger partial charge in [0.1, 0.15) is 5.41 Å². The lowest BCUT2D eigenvalue weighted by atomic mass is 9.69. The van der Waals surface area contributed by atoms with E-state index in [1.54, 1.807) is 0 Å². The van der Waals surface area contributed by atoms with E-state index < -0.39 is 5.41 Å². The van der Waals surface area contributed by atoms with Gasteiger partial charge in [0.15, 0.2) is 6.61 Å². The van der Waals surface area contributed by atoms with Crippen molar-refractivity contribution in [3.8, 4) is 12.3 Å². The molecule has 3 rings (SSSR count). The summed E-state index contributed by atoms with van der Waals surface area (Å²) in [5.74, 6) is 2.00. The molecular formula is C23H18O2. The molecule has 0 aliphatic heterocycles. The molecule has 0 N–H and O–H groups in total. The highest BCUT2D eigenvalue weighted by molar-refractivity contribution is 5.92. The average molecular weight is 326 g/mol. The number of carbonyl (C=O) groups excluding carboxylic acids is 1. The molecule has 2 nitrogen and oxygen atoms in total. The van der Waals surface area contributed by atoms with Gasteiger partial charge in [-0.05, 0) is 16.7 Å². The summed E-state index contributed by atoms with van der Waals surface area (Å²) in [5.41, 5.74) is 1.46. The van der Waals surface area contributed by atoms with Crippen molar-refractivity contribution < 1.29 is 9.53 Å². The van der Waals surface area contributed by atoms with Crippen LogP contribution in [-0.4, -0.2) is 12.6 Å². The number of hydrogen-bond donors (Lipinski definition) is 0. The third kappa shape index (κ3) is 3.05. The van der Waals surface area contributed by atoms with E-state index >= 15 is 0 Å². The molecule has 25 heavy (non-hydrogen) atoms. The van der Waals surface area contributed by atoms with E-state index in [9.17, 15) is 4.79 Å². The van der Waals surface area contributed by atoms with Gasteiger partial charge >= 0.3 is 5.97 Å². The summed E-state index contributed by atoms with van der Waals surface area (Å²) >= 11 is 0. The SMILES string of the molecule is C#CCOC(=O)C(c1ccccc1)(c1ccccc1)c1ccccc1. The Morgan fingerprint density at radius 1 is 0.760 bits per heavy atom. The fourth-order valence-corrected chi connectivity index (χ4v) is 3.13. The molecule has 0 aliphatic rings. The molecule has 3 aromatic rings. The summed E-state index contributed by atoms with van der Waals surface area (Å²) in [6, 6.07) is 29.0. The first kappa shape index (κ1) is 16.5. The molecule has 122 valence electrons. The smallest absolute Gasteiger partial charge is 0.326 e. The van der Waals surface area contributed by atoms with Gasteiger partial charge in [0.2, 0.25) is 0 Å². The summed E-state index contributed by atoms with van der Waals surface area (Å²) in [6.45, 7) is -0.0624. The molecule has 3 aromatic carbocycles. The third-order valence-electron chi connectivity index (χ3n) is 4.21. The van der Waals surface area contributed by atoms with Crippen LogP contribution < -0.4 is 0 Å². The van der Waals surface area contributed by atoms with E-state index in [0.717, 1.165) is 16.7 Å². The van der Waals surface area contributed by atoms with E-state index in [-0.39, 0.29) is 12.6 Å². The maximum atomic E-state index is 13.3. The maximum absolute atomic E-state index is 13.3. The molecule has 0 saturated heterocycles. The summed E-state index contributed by atoms with van der Waals surface area (Å²) in [4.78, 5) is 13.3. The third-order valence-corrected chi connectivity index (χ3v) is 4.21. The Morgan fingerprint density at radius 3 is 1.44 bits per heavy atom. The van der Waals surface area contributed by atoms with Crippen LogP contribution in [-0.2, 0) is 14.9 Å². The zero-order valence-corrected chi connectivity index (χ0v) is 13.8. The Morgan fingerprint density at radius 2 is 1.12 bits per heavy atom. The van der Waals surface area contributed by atoms with Gasteiger partial charge in [-0.2, -0.15) is 0 Å². The fraction of sp³-hybridized carbons (Fsp3) is 0.0870. The van der Waals surface area contributed by atoms with Gasteiger partial charge in [-0.15, -0.1) is 6.42 Å². The second-order valence-corrected chi connectivity index (χ2v) is 5.63. The van der Waals surface area contributed by atoms with E-state index in [1.165, 1.54) is 0 Å². The van der Waals surface area contributed by atoms with Crippen molar-refractivity contribution >= 4 is 5.97 Å². The van der Waals surface area contributed by atoms with Crippen molar-refractivity contribution in [2.24, 2.45) is 0 Å². The molecule has 0 spiro atoms. The zero-order valence-electron chi connectivity index (χ0n) is 13.8. The average Bonchev–Trinajstić information content (AvgIpc) is 2.69. The molecular weight excluding hydrogens is 308 g/mol. The normalized spacial score (nSPS) is 10.7. The predicted octanol–water partition coefficient (Wildman–Crippen LogP) is 4.20. The number of benzene rings is 3. The van der Waals surface area contributed by atoms with E-state index in [1.807, 2.05) is 91.0 Å². The minimum Gasteiger partial charge on any atom is -0.451 e. The Labute approximate surface area is 148 Å². The molecule has 0 atom stereocenters. The molecule has 0 heterocycles. The summed E-state index contributed by atoms with van der Waals surface area (Å²) < 4.78 is 5.44. The number of esters is 1. The number of terminal acetylenes is 1. The summed E-state index contributed by atoms with van der Waals surface area (Å²) in [5, 5.41) is 0. The minimum atomic E-state index is -1.07. The molecule has 2 heteroatoms. The zero-order chi connectivity index (χ0) is 17.5. The van der Waals surface area contributed by atoms with Crippen LogP contribution in [0.2, 0.25) is 0 Å². The monoisotopic (exact) mass is 326 g/mol. The van der Waals surface area contributed by atoms with E-state index in [2.05, 4.69) is 5.92 Å². The van der Waals surface area contributed by atoms with Crippen molar-refractivity contribution in [1.29, 1.82) is 0 Å². The molecule has 0 aliphatic carbocycles. The molecule has 0 aromatic heterocycles. The Balaban J connectivity index is 2.32. The first-order valence-electron chi connectivity index (χ1n) is 8.07. The highest BCUT2D eigenvalue weighted by Crippen LogP contribution is 2.40. The van der Waals surface area contributed by atoms with E-state index in [0.29, 0.717) is 0 Å². The largest absolute Gasteiger partial charge is 0.451 e. The van der Waals surface area contributed by atoms with Crippen LogP contribution in [0.5, 0.6) is 0 Å². The van der Waals surface area contributed by atoms with Crippen LogP contribution in [0.15, 0.2) is 91.0 Å². The van der Waals surface area contributed by atoms with Crippen LogP contribution in [0, 0.1) is 12.3 Å². The number of rotatable bonds is 5. The number of hydrogen-bond acceptors (Lipinski definition) is 2. The van der Waals surface area contributed by atoms with Crippen LogP contribution in [0.3, 0.4) is 0 Å². The van der Waals surface area contributed by atoms with Gasteiger partial charge in [-0.3, -0.25) is 4.79 Å². The summed E-state index contributed by atoms with van der Waals surface area (Å²) in [7, 11) is 0. The van der Waals surface area contributed by atoms with Crippen LogP contribution >= 0.6 is 0 Å². The second-order valence-electron chi connectivity index (χ2n) is 5.63. The molecule has 0 radical (unpaired) electrons. The Hall–Kier alpha value is -3.31. The molecule has 0 fully saturated rings. The molecule has 0 amide bonds. The first-order valence-corrected chi connectivity index (χ1v) is 8.07. The van der Waals surface area contributed by atoms with Crippen molar-refractivity contribution in [1.82, 2.24) is 0 Å². The maximum Gasteiger partial charge on any atom is 0.326 e. The van der Waals surface area contributed by atoms with Crippen LogP contribution in [0.1, 0.15) is 16.7 Å². The lowest BCUT2D eigenvalue weighted by Crippen LogP contribution is -2.40. The Bertz CT molecular complexity index is 766. The highest BCUT2D eigenvalue weighted by atomic mass is 16.5. The van der Waals surface area contributed by atoms with Crippen molar-refractivity contribution in [3.05, 3.63) is 108 Å². The molecule has 0 unspecified atom stereocenters. The van der Waals surface area contributed by atoms with Gasteiger partial charge < -0.3 is 4.74 Å². The Kier molecular flexibility index (Phi) is 4.97. The van der Waals surface area contributed by atoms with Gasteiger partial charge in [0.05, 0.1) is 0 Å². The van der Waals surface area contributed by atoms with Gasteiger partial charge in [-0.1, -0.05) is 96.9 Å². The van der Waals surface area contributed by atoms with Gasteiger partial charge in [0, 0.05) is 0 Å².